The smallest absolute Gasteiger partial charge is 0.147 e. The van der Waals surface area contributed by atoms with E-state index in [1.807, 2.05) is 32.2 Å². The van der Waals surface area contributed by atoms with Crippen LogP contribution in [-0.2, 0) is 0 Å². The van der Waals surface area contributed by atoms with Crippen molar-refractivity contribution in [1.29, 1.82) is 5.26 Å². The lowest BCUT2D eigenvalue weighted by Gasteiger charge is -2.21. The monoisotopic (exact) mass is 283 g/mol. The summed E-state index contributed by atoms with van der Waals surface area (Å²) in [5.74, 6) is -0.263. The molecule has 4 heteroatoms. The first kappa shape index (κ1) is 15.0. The quantitative estimate of drug-likeness (QED) is 0.929. The van der Waals surface area contributed by atoms with Crippen LogP contribution in [0.1, 0.15) is 24.1 Å². The minimum atomic E-state index is -0.263. The van der Waals surface area contributed by atoms with Crippen molar-refractivity contribution in [2.45, 2.75) is 13.0 Å². The molecule has 3 nitrogen and oxygen atoms in total. The fourth-order valence-electron chi connectivity index (χ4n) is 2.13. The van der Waals surface area contributed by atoms with Crippen LogP contribution in [0.2, 0.25) is 0 Å². The van der Waals surface area contributed by atoms with Crippen molar-refractivity contribution in [3.05, 3.63) is 59.4 Å². The van der Waals surface area contributed by atoms with Crippen molar-refractivity contribution in [3.8, 4) is 6.07 Å². The molecule has 0 aliphatic carbocycles. The number of benzene rings is 2. The van der Waals surface area contributed by atoms with E-state index in [0.29, 0.717) is 11.3 Å². The highest BCUT2D eigenvalue weighted by Gasteiger charge is 2.12. The number of nitrogens with zero attached hydrogens (tertiary/aromatic N) is 2. The minimum absolute atomic E-state index is 0.105. The molecule has 2 rings (SSSR count). The summed E-state index contributed by atoms with van der Waals surface area (Å²) in [5, 5.41) is 11.9. The zero-order chi connectivity index (χ0) is 15.4. The van der Waals surface area contributed by atoms with Gasteiger partial charge >= 0.3 is 0 Å². The van der Waals surface area contributed by atoms with E-state index in [0.717, 1.165) is 11.3 Å². The second kappa shape index (κ2) is 6.38. The highest BCUT2D eigenvalue weighted by Crippen LogP contribution is 2.28. The average molecular weight is 283 g/mol. The van der Waals surface area contributed by atoms with E-state index in [1.54, 1.807) is 36.2 Å². The van der Waals surface area contributed by atoms with Gasteiger partial charge in [-0.3, -0.25) is 0 Å². The molecule has 1 unspecified atom stereocenters. The van der Waals surface area contributed by atoms with E-state index in [9.17, 15) is 4.39 Å². The highest BCUT2D eigenvalue weighted by molar-refractivity contribution is 5.64. The van der Waals surface area contributed by atoms with Gasteiger partial charge in [0.2, 0.25) is 0 Å². The Labute approximate surface area is 124 Å². The maximum atomic E-state index is 14.3. The van der Waals surface area contributed by atoms with Crippen molar-refractivity contribution >= 4 is 11.4 Å². The summed E-state index contributed by atoms with van der Waals surface area (Å²) in [6.45, 7) is 1.98. The number of nitriles is 1. The van der Waals surface area contributed by atoms with Gasteiger partial charge in [-0.05, 0) is 55.9 Å². The minimum Gasteiger partial charge on any atom is -0.342 e. The molecule has 0 amide bonds. The molecule has 2 aromatic rings. The zero-order valence-electron chi connectivity index (χ0n) is 12.4. The van der Waals surface area contributed by atoms with Crippen molar-refractivity contribution in [3.63, 3.8) is 0 Å². The molecular formula is C17H18FN3. The van der Waals surface area contributed by atoms with Crippen molar-refractivity contribution < 1.29 is 4.39 Å². The van der Waals surface area contributed by atoms with Crippen LogP contribution in [0.3, 0.4) is 0 Å². The molecule has 0 bridgehead atoms. The lowest BCUT2D eigenvalue weighted by atomic mass is 10.1. The molecule has 108 valence electrons. The summed E-state index contributed by atoms with van der Waals surface area (Å²) in [5.41, 5.74) is 2.84. The summed E-state index contributed by atoms with van der Waals surface area (Å²) >= 11 is 0. The van der Waals surface area contributed by atoms with E-state index >= 15 is 0 Å². The van der Waals surface area contributed by atoms with E-state index in [1.165, 1.54) is 0 Å². The zero-order valence-corrected chi connectivity index (χ0v) is 12.4. The molecule has 1 N–H and O–H groups in total. The third kappa shape index (κ3) is 3.21. The van der Waals surface area contributed by atoms with Gasteiger partial charge in [0.1, 0.15) is 5.82 Å². The van der Waals surface area contributed by atoms with Crippen molar-refractivity contribution in [2.75, 3.05) is 19.0 Å². The first-order valence-electron chi connectivity index (χ1n) is 6.77. The van der Waals surface area contributed by atoms with E-state index in [-0.39, 0.29) is 11.9 Å². The third-order valence-corrected chi connectivity index (χ3v) is 3.65. The fourth-order valence-corrected chi connectivity index (χ4v) is 2.13. The molecule has 0 spiro atoms. The first-order chi connectivity index (χ1) is 10.1. The molecule has 0 saturated heterocycles. The van der Waals surface area contributed by atoms with Crippen molar-refractivity contribution in [2.24, 2.45) is 0 Å². The number of hydrogen-bond acceptors (Lipinski definition) is 3. The van der Waals surface area contributed by atoms with Crippen LogP contribution in [0.15, 0.2) is 42.5 Å². The largest absolute Gasteiger partial charge is 0.342 e. The second-order valence-corrected chi connectivity index (χ2v) is 4.94. The number of hydrogen-bond donors (Lipinski definition) is 1. The van der Waals surface area contributed by atoms with Crippen LogP contribution >= 0.6 is 0 Å². The normalized spacial score (nSPS) is 11.8. The molecule has 0 aromatic heterocycles. The van der Waals surface area contributed by atoms with Gasteiger partial charge in [0.15, 0.2) is 0 Å². The first-order valence-corrected chi connectivity index (χ1v) is 6.77. The van der Waals surface area contributed by atoms with Crippen LogP contribution in [-0.4, -0.2) is 14.1 Å². The lowest BCUT2D eigenvalue weighted by molar-refractivity contribution is 0.608. The molecule has 0 radical (unpaired) electrons. The molecule has 0 heterocycles. The summed E-state index contributed by atoms with van der Waals surface area (Å²) in [6.07, 6.45) is 0. The maximum absolute atomic E-state index is 14.3. The highest BCUT2D eigenvalue weighted by atomic mass is 19.1. The van der Waals surface area contributed by atoms with E-state index < -0.39 is 0 Å². The van der Waals surface area contributed by atoms with Crippen LogP contribution in [0.25, 0.3) is 0 Å². The Morgan fingerprint density at radius 1 is 1.19 bits per heavy atom. The number of halogens is 1. The fraction of sp³-hybridized carbons (Fsp3) is 0.235. The van der Waals surface area contributed by atoms with Gasteiger partial charge in [0.25, 0.3) is 0 Å². The van der Waals surface area contributed by atoms with Gasteiger partial charge in [-0.1, -0.05) is 6.07 Å². The summed E-state index contributed by atoms with van der Waals surface area (Å²) in [6, 6.07) is 14.5. The third-order valence-electron chi connectivity index (χ3n) is 3.65. The molecule has 1 atom stereocenters. The standard InChI is InChI=1S/C17H18FN3/c1-12(20-2)14-6-9-17(16(18)10-14)21(3)15-7-4-13(11-19)5-8-15/h4-10,12,20H,1-3H3. The Bertz CT molecular complexity index is 659. The van der Waals surface area contributed by atoms with Crippen LogP contribution in [0, 0.1) is 17.1 Å². The molecule has 0 aliphatic heterocycles. The summed E-state index contributed by atoms with van der Waals surface area (Å²) in [4.78, 5) is 1.77. The van der Waals surface area contributed by atoms with Crippen LogP contribution < -0.4 is 10.2 Å². The lowest BCUT2D eigenvalue weighted by Crippen LogP contribution is -2.14. The van der Waals surface area contributed by atoms with E-state index in [2.05, 4.69) is 11.4 Å². The molecule has 0 fully saturated rings. The molecular weight excluding hydrogens is 265 g/mol. The van der Waals surface area contributed by atoms with Gasteiger partial charge in [-0.15, -0.1) is 0 Å². The Morgan fingerprint density at radius 2 is 1.86 bits per heavy atom. The van der Waals surface area contributed by atoms with Crippen LogP contribution in [0.5, 0.6) is 0 Å². The maximum Gasteiger partial charge on any atom is 0.147 e. The summed E-state index contributed by atoms with van der Waals surface area (Å²) < 4.78 is 14.3. The Balaban J connectivity index is 2.30. The van der Waals surface area contributed by atoms with Gasteiger partial charge in [-0.2, -0.15) is 5.26 Å². The van der Waals surface area contributed by atoms with Crippen molar-refractivity contribution in [1.82, 2.24) is 5.32 Å². The number of rotatable bonds is 4. The van der Waals surface area contributed by atoms with Gasteiger partial charge in [0, 0.05) is 18.8 Å². The Kier molecular flexibility index (Phi) is 4.56. The van der Waals surface area contributed by atoms with Gasteiger partial charge in [-0.25, -0.2) is 4.39 Å². The van der Waals surface area contributed by atoms with Crippen LogP contribution in [0.4, 0.5) is 15.8 Å². The summed E-state index contributed by atoms with van der Waals surface area (Å²) in [7, 11) is 3.65. The van der Waals surface area contributed by atoms with E-state index in [4.69, 9.17) is 5.26 Å². The second-order valence-electron chi connectivity index (χ2n) is 4.94. The molecule has 21 heavy (non-hydrogen) atoms. The molecule has 0 aliphatic rings. The molecule has 0 saturated carbocycles. The van der Waals surface area contributed by atoms with Gasteiger partial charge in [0.05, 0.1) is 17.3 Å². The van der Waals surface area contributed by atoms with Gasteiger partial charge < -0.3 is 10.2 Å². The Morgan fingerprint density at radius 3 is 2.38 bits per heavy atom. The number of anilines is 2. The average Bonchev–Trinajstić information content (AvgIpc) is 2.53. The number of nitrogens with one attached hydrogen (secondary N) is 1. The SMILES string of the molecule is CNC(C)c1ccc(N(C)c2ccc(C#N)cc2)c(F)c1. The predicted octanol–water partition coefficient (Wildman–Crippen LogP) is 3.75. The Hall–Kier alpha value is -2.38. The topological polar surface area (TPSA) is 39.1 Å². The predicted molar refractivity (Wildman–Crippen MR) is 83.1 cm³/mol. The molecule has 2 aromatic carbocycles.